The van der Waals surface area contributed by atoms with Crippen molar-refractivity contribution in [3.63, 3.8) is 0 Å². The number of para-hydroxylation sites is 2. The molecule has 0 aliphatic carbocycles. The molecule has 0 bridgehead atoms. The summed E-state index contributed by atoms with van der Waals surface area (Å²) >= 11 is 0. The molecule has 2 aromatic carbocycles. The predicted octanol–water partition coefficient (Wildman–Crippen LogP) is 3.75. The van der Waals surface area contributed by atoms with Crippen LogP contribution in [0.2, 0.25) is 0 Å². The van der Waals surface area contributed by atoms with E-state index in [1.807, 2.05) is 25.7 Å². The van der Waals surface area contributed by atoms with Crippen molar-refractivity contribution in [1.82, 2.24) is 4.90 Å². The summed E-state index contributed by atoms with van der Waals surface area (Å²) in [5.41, 5.74) is 1.10. The lowest BCUT2D eigenvalue weighted by molar-refractivity contribution is -0.384. The van der Waals surface area contributed by atoms with Gasteiger partial charge in [0.1, 0.15) is 5.69 Å². The van der Waals surface area contributed by atoms with Crippen LogP contribution >= 0.6 is 0 Å². The van der Waals surface area contributed by atoms with E-state index in [9.17, 15) is 14.9 Å². The van der Waals surface area contributed by atoms with E-state index in [-0.39, 0.29) is 16.5 Å². The summed E-state index contributed by atoms with van der Waals surface area (Å²) in [4.78, 5) is 27.9. The molecule has 9 nitrogen and oxygen atoms in total. The van der Waals surface area contributed by atoms with Gasteiger partial charge in [-0.05, 0) is 39.0 Å². The second-order valence-corrected chi connectivity index (χ2v) is 7.13. The van der Waals surface area contributed by atoms with Gasteiger partial charge in [0.2, 0.25) is 5.75 Å². The smallest absolute Gasteiger partial charge is 0.292 e. The summed E-state index contributed by atoms with van der Waals surface area (Å²) in [5.74, 6) is 1.30. The van der Waals surface area contributed by atoms with Crippen LogP contribution < -0.4 is 19.1 Å². The van der Waals surface area contributed by atoms with Gasteiger partial charge in [0.25, 0.3) is 11.6 Å². The van der Waals surface area contributed by atoms with Gasteiger partial charge in [-0.3, -0.25) is 14.9 Å². The highest BCUT2D eigenvalue weighted by Crippen LogP contribution is 2.39. The third kappa shape index (κ3) is 5.04. The predicted molar refractivity (Wildman–Crippen MR) is 121 cm³/mol. The largest absolute Gasteiger partial charge is 0.490 e. The number of nitro groups is 1. The third-order valence-corrected chi connectivity index (χ3v) is 5.14. The first-order valence-electron chi connectivity index (χ1n) is 10.8. The molecule has 0 saturated carbocycles. The molecule has 1 amide bonds. The van der Waals surface area contributed by atoms with Gasteiger partial charge in [-0.2, -0.15) is 0 Å². The van der Waals surface area contributed by atoms with Crippen LogP contribution in [0.25, 0.3) is 0 Å². The highest BCUT2D eigenvalue weighted by atomic mass is 16.6. The Morgan fingerprint density at radius 3 is 2.03 bits per heavy atom. The Labute approximate surface area is 187 Å². The van der Waals surface area contributed by atoms with Gasteiger partial charge in [-0.1, -0.05) is 12.1 Å². The fourth-order valence-corrected chi connectivity index (χ4v) is 3.73. The molecule has 2 aromatic rings. The Bertz CT molecular complexity index is 929. The molecule has 0 aromatic heterocycles. The summed E-state index contributed by atoms with van der Waals surface area (Å²) in [6.45, 7) is 8.82. The standard InChI is InChI=1S/C23H29N3O6/c1-4-30-20-15-17(16-21(31-5-2)22(20)32-6-3)23(27)25-13-11-24(12-14-25)18-9-7-8-10-19(18)26(28)29/h7-10,15-16H,4-6,11-14H2,1-3H3. The Morgan fingerprint density at radius 2 is 1.50 bits per heavy atom. The average molecular weight is 444 g/mol. The second kappa shape index (κ2) is 10.7. The van der Waals surface area contributed by atoms with Crippen LogP contribution in [0.4, 0.5) is 11.4 Å². The Hall–Kier alpha value is -3.49. The molecule has 1 heterocycles. The quantitative estimate of drug-likeness (QED) is 0.430. The van der Waals surface area contributed by atoms with Crippen molar-refractivity contribution in [2.75, 3.05) is 50.9 Å². The van der Waals surface area contributed by atoms with Crippen LogP contribution in [-0.4, -0.2) is 61.7 Å². The summed E-state index contributed by atoms with van der Waals surface area (Å²) in [6, 6.07) is 10.0. The topological polar surface area (TPSA) is 94.4 Å². The van der Waals surface area contributed by atoms with E-state index in [0.717, 1.165) is 0 Å². The summed E-state index contributed by atoms with van der Waals surface area (Å²) in [6.07, 6.45) is 0. The number of carbonyl (C=O) groups is 1. The molecule has 1 saturated heterocycles. The lowest BCUT2D eigenvalue weighted by atomic mass is 10.1. The van der Waals surface area contributed by atoms with E-state index < -0.39 is 0 Å². The number of nitrogens with zero attached hydrogens (tertiary/aromatic N) is 3. The van der Waals surface area contributed by atoms with Crippen LogP contribution in [-0.2, 0) is 0 Å². The van der Waals surface area contributed by atoms with Crippen LogP contribution in [0.15, 0.2) is 36.4 Å². The monoisotopic (exact) mass is 443 g/mol. The van der Waals surface area contributed by atoms with Gasteiger partial charge in [0.15, 0.2) is 11.5 Å². The fraction of sp³-hybridized carbons (Fsp3) is 0.435. The van der Waals surface area contributed by atoms with E-state index in [0.29, 0.717) is 74.5 Å². The number of anilines is 1. The molecule has 1 fully saturated rings. The van der Waals surface area contributed by atoms with Gasteiger partial charge >= 0.3 is 0 Å². The molecule has 1 aliphatic rings. The molecular formula is C23H29N3O6. The van der Waals surface area contributed by atoms with Crippen molar-refractivity contribution in [3.05, 3.63) is 52.1 Å². The van der Waals surface area contributed by atoms with Gasteiger partial charge in [0.05, 0.1) is 24.7 Å². The van der Waals surface area contributed by atoms with E-state index in [1.165, 1.54) is 6.07 Å². The lowest BCUT2D eigenvalue weighted by Crippen LogP contribution is -2.49. The van der Waals surface area contributed by atoms with Crippen LogP contribution in [0, 0.1) is 10.1 Å². The first-order chi connectivity index (χ1) is 15.5. The van der Waals surface area contributed by atoms with E-state index in [4.69, 9.17) is 14.2 Å². The van der Waals surface area contributed by atoms with Crippen LogP contribution in [0.3, 0.4) is 0 Å². The molecule has 0 spiro atoms. The molecule has 0 atom stereocenters. The first-order valence-corrected chi connectivity index (χ1v) is 10.8. The molecule has 3 rings (SSSR count). The number of ether oxygens (including phenoxy) is 3. The Kier molecular flexibility index (Phi) is 7.75. The van der Waals surface area contributed by atoms with Crippen molar-refractivity contribution < 1.29 is 23.9 Å². The van der Waals surface area contributed by atoms with Crippen molar-refractivity contribution in [1.29, 1.82) is 0 Å². The van der Waals surface area contributed by atoms with Gasteiger partial charge in [-0.25, -0.2) is 0 Å². The van der Waals surface area contributed by atoms with E-state index >= 15 is 0 Å². The van der Waals surface area contributed by atoms with E-state index in [1.54, 1.807) is 35.2 Å². The molecule has 0 unspecified atom stereocenters. The van der Waals surface area contributed by atoms with Crippen LogP contribution in [0.5, 0.6) is 17.2 Å². The minimum absolute atomic E-state index is 0.0708. The van der Waals surface area contributed by atoms with Gasteiger partial charge in [-0.15, -0.1) is 0 Å². The first kappa shape index (κ1) is 23.2. The molecule has 1 aliphatic heterocycles. The number of rotatable bonds is 9. The molecule has 0 N–H and O–H groups in total. The maximum absolute atomic E-state index is 13.2. The van der Waals surface area contributed by atoms with Crippen molar-refractivity contribution in [3.8, 4) is 17.2 Å². The third-order valence-electron chi connectivity index (χ3n) is 5.14. The highest BCUT2D eigenvalue weighted by molar-refractivity contribution is 5.96. The van der Waals surface area contributed by atoms with Crippen molar-refractivity contribution in [2.45, 2.75) is 20.8 Å². The molecule has 0 radical (unpaired) electrons. The molecule has 9 heteroatoms. The maximum atomic E-state index is 13.2. The highest BCUT2D eigenvalue weighted by Gasteiger charge is 2.27. The minimum Gasteiger partial charge on any atom is -0.490 e. The zero-order valence-corrected chi connectivity index (χ0v) is 18.7. The minimum atomic E-state index is -0.378. The average Bonchev–Trinajstić information content (AvgIpc) is 2.81. The number of carbonyl (C=O) groups excluding carboxylic acids is 1. The molecule has 32 heavy (non-hydrogen) atoms. The molecule has 172 valence electrons. The van der Waals surface area contributed by atoms with Crippen molar-refractivity contribution >= 4 is 17.3 Å². The lowest BCUT2D eigenvalue weighted by Gasteiger charge is -2.36. The number of nitro benzene ring substituents is 1. The second-order valence-electron chi connectivity index (χ2n) is 7.13. The SMILES string of the molecule is CCOc1cc(C(=O)N2CCN(c3ccccc3[N+](=O)[O-])CC2)cc(OCC)c1OCC. The summed E-state index contributed by atoms with van der Waals surface area (Å²) < 4.78 is 17.1. The van der Waals surface area contributed by atoms with Crippen molar-refractivity contribution in [2.24, 2.45) is 0 Å². The Morgan fingerprint density at radius 1 is 0.938 bits per heavy atom. The van der Waals surface area contributed by atoms with Crippen LogP contribution in [0.1, 0.15) is 31.1 Å². The summed E-state index contributed by atoms with van der Waals surface area (Å²) in [7, 11) is 0. The zero-order valence-electron chi connectivity index (χ0n) is 18.7. The molecular weight excluding hydrogens is 414 g/mol. The van der Waals surface area contributed by atoms with Gasteiger partial charge < -0.3 is 24.0 Å². The number of hydrogen-bond acceptors (Lipinski definition) is 7. The van der Waals surface area contributed by atoms with E-state index in [2.05, 4.69) is 0 Å². The Balaban J connectivity index is 1.79. The summed E-state index contributed by atoms with van der Waals surface area (Å²) in [5, 5.41) is 11.3. The number of piperazine rings is 1. The number of benzene rings is 2. The fourth-order valence-electron chi connectivity index (χ4n) is 3.73. The normalized spacial score (nSPS) is 13.6. The number of hydrogen-bond donors (Lipinski definition) is 0. The van der Waals surface area contributed by atoms with Gasteiger partial charge in [0, 0.05) is 37.8 Å². The number of amides is 1. The zero-order chi connectivity index (χ0) is 23.1. The maximum Gasteiger partial charge on any atom is 0.292 e.